The standard InChI is InChI=1S/C12H15N5O.2ClH/c1-8(9-6-13-7-9)11(18)14-12-16-15-10-4-2-3-5-17(10)12;;/h2-5,8-9,13H,6-7H2,1H3,(H,14,16,18);2*1H. The lowest BCUT2D eigenvalue weighted by Crippen LogP contribution is -2.48. The lowest BCUT2D eigenvalue weighted by atomic mass is 9.88. The Bertz CT molecular complexity index is 584. The van der Waals surface area contributed by atoms with E-state index in [-0.39, 0.29) is 36.6 Å². The van der Waals surface area contributed by atoms with Gasteiger partial charge in [0.1, 0.15) is 0 Å². The van der Waals surface area contributed by atoms with Crippen molar-refractivity contribution in [3.63, 3.8) is 0 Å². The summed E-state index contributed by atoms with van der Waals surface area (Å²) in [6.45, 7) is 3.77. The second-order valence-electron chi connectivity index (χ2n) is 4.65. The minimum Gasteiger partial charge on any atom is -0.316 e. The number of nitrogens with zero attached hydrogens (tertiary/aromatic N) is 3. The van der Waals surface area contributed by atoms with E-state index in [1.54, 1.807) is 4.40 Å². The van der Waals surface area contributed by atoms with Gasteiger partial charge >= 0.3 is 0 Å². The van der Waals surface area contributed by atoms with E-state index in [0.29, 0.717) is 11.9 Å². The summed E-state index contributed by atoms with van der Waals surface area (Å²) in [4.78, 5) is 12.1. The van der Waals surface area contributed by atoms with Gasteiger partial charge in [-0.15, -0.1) is 35.0 Å². The first kappa shape index (κ1) is 16.7. The monoisotopic (exact) mass is 317 g/mol. The third kappa shape index (κ3) is 3.03. The molecule has 0 aliphatic carbocycles. The summed E-state index contributed by atoms with van der Waals surface area (Å²) in [7, 11) is 0. The van der Waals surface area contributed by atoms with E-state index in [9.17, 15) is 4.79 Å². The van der Waals surface area contributed by atoms with Crippen LogP contribution in [0.1, 0.15) is 6.92 Å². The molecule has 0 aromatic carbocycles. The fourth-order valence-corrected chi connectivity index (χ4v) is 2.03. The molecule has 2 aromatic rings. The highest BCUT2D eigenvalue weighted by atomic mass is 35.5. The molecule has 0 saturated carbocycles. The molecular weight excluding hydrogens is 301 g/mol. The Morgan fingerprint density at radius 3 is 2.80 bits per heavy atom. The van der Waals surface area contributed by atoms with Crippen LogP contribution in [0, 0.1) is 11.8 Å². The molecule has 1 atom stereocenters. The van der Waals surface area contributed by atoms with Crippen molar-refractivity contribution in [3.8, 4) is 0 Å². The molecule has 1 fully saturated rings. The van der Waals surface area contributed by atoms with Gasteiger partial charge in [0, 0.05) is 12.1 Å². The van der Waals surface area contributed by atoms with E-state index >= 15 is 0 Å². The van der Waals surface area contributed by atoms with E-state index < -0.39 is 0 Å². The molecule has 2 aromatic heterocycles. The average molecular weight is 318 g/mol. The van der Waals surface area contributed by atoms with E-state index in [2.05, 4.69) is 20.8 Å². The number of anilines is 1. The topological polar surface area (TPSA) is 71.3 Å². The minimum atomic E-state index is -0.0117. The summed E-state index contributed by atoms with van der Waals surface area (Å²) in [5.41, 5.74) is 0.728. The Morgan fingerprint density at radius 2 is 2.15 bits per heavy atom. The summed E-state index contributed by atoms with van der Waals surface area (Å²) < 4.78 is 1.77. The van der Waals surface area contributed by atoms with Gasteiger partial charge in [-0.25, -0.2) is 0 Å². The van der Waals surface area contributed by atoms with Gasteiger partial charge < -0.3 is 5.32 Å². The number of nitrogens with one attached hydrogen (secondary N) is 2. The van der Waals surface area contributed by atoms with Gasteiger partial charge in [-0.3, -0.25) is 14.5 Å². The zero-order chi connectivity index (χ0) is 12.5. The predicted molar refractivity (Wildman–Crippen MR) is 81.6 cm³/mol. The first-order chi connectivity index (χ1) is 8.75. The maximum absolute atomic E-state index is 12.1. The third-order valence-electron chi connectivity index (χ3n) is 3.48. The summed E-state index contributed by atoms with van der Waals surface area (Å²) in [5, 5.41) is 14.0. The van der Waals surface area contributed by atoms with Crippen molar-refractivity contribution in [2.45, 2.75) is 6.92 Å². The Labute approximate surface area is 129 Å². The lowest BCUT2D eigenvalue weighted by molar-refractivity contribution is -0.121. The van der Waals surface area contributed by atoms with Crippen molar-refractivity contribution in [1.29, 1.82) is 0 Å². The molecule has 3 rings (SSSR count). The maximum Gasteiger partial charge on any atom is 0.235 e. The van der Waals surface area contributed by atoms with Crippen LogP contribution < -0.4 is 10.6 Å². The molecule has 110 valence electrons. The van der Waals surface area contributed by atoms with Crippen LogP contribution >= 0.6 is 24.8 Å². The van der Waals surface area contributed by atoms with Gasteiger partial charge in [0.2, 0.25) is 11.9 Å². The van der Waals surface area contributed by atoms with Crippen molar-refractivity contribution in [3.05, 3.63) is 24.4 Å². The van der Waals surface area contributed by atoms with E-state index in [4.69, 9.17) is 0 Å². The molecule has 3 heterocycles. The number of fused-ring (bicyclic) bond motifs is 1. The number of pyridine rings is 1. The maximum atomic E-state index is 12.1. The van der Waals surface area contributed by atoms with Crippen molar-refractivity contribution >= 4 is 42.3 Å². The third-order valence-corrected chi connectivity index (χ3v) is 3.48. The summed E-state index contributed by atoms with van der Waals surface area (Å²) >= 11 is 0. The van der Waals surface area contributed by atoms with Crippen LogP contribution in [0.5, 0.6) is 0 Å². The Kier molecular flexibility index (Phi) is 5.74. The second-order valence-corrected chi connectivity index (χ2v) is 4.65. The molecule has 8 heteroatoms. The molecule has 0 radical (unpaired) electrons. The van der Waals surface area contributed by atoms with Crippen LogP contribution in [-0.2, 0) is 4.79 Å². The summed E-state index contributed by atoms with van der Waals surface area (Å²) in [6.07, 6.45) is 1.83. The zero-order valence-electron chi connectivity index (χ0n) is 10.9. The van der Waals surface area contributed by atoms with Gasteiger partial charge in [-0.1, -0.05) is 13.0 Å². The summed E-state index contributed by atoms with van der Waals surface area (Å²) in [5.74, 6) is 0.890. The predicted octanol–water partition coefficient (Wildman–Crippen LogP) is 1.37. The highest BCUT2D eigenvalue weighted by Gasteiger charge is 2.29. The number of carbonyl (C=O) groups excluding carboxylic acids is 1. The smallest absolute Gasteiger partial charge is 0.235 e. The number of carbonyl (C=O) groups is 1. The van der Waals surface area contributed by atoms with Crippen LogP contribution in [0.2, 0.25) is 0 Å². The SMILES string of the molecule is CC(C(=O)Nc1nnc2ccccn12)C1CNC1.Cl.Cl. The van der Waals surface area contributed by atoms with Crippen LogP contribution in [-0.4, -0.2) is 33.6 Å². The number of rotatable bonds is 3. The summed E-state index contributed by atoms with van der Waals surface area (Å²) in [6, 6.07) is 5.62. The Balaban J connectivity index is 0.000001000. The van der Waals surface area contributed by atoms with E-state index in [1.807, 2.05) is 31.3 Å². The van der Waals surface area contributed by atoms with Crippen molar-refractivity contribution in [2.24, 2.45) is 11.8 Å². The molecule has 20 heavy (non-hydrogen) atoms. The molecule has 6 nitrogen and oxygen atoms in total. The fraction of sp³-hybridized carbons (Fsp3) is 0.417. The number of amides is 1. The molecular formula is C12H17Cl2N5O. The van der Waals surface area contributed by atoms with Crippen molar-refractivity contribution in [1.82, 2.24) is 19.9 Å². The minimum absolute atomic E-state index is 0. The lowest BCUT2D eigenvalue weighted by Gasteiger charge is -2.31. The van der Waals surface area contributed by atoms with Gasteiger partial charge in [0.15, 0.2) is 5.65 Å². The van der Waals surface area contributed by atoms with Gasteiger partial charge in [-0.05, 0) is 31.1 Å². The van der Waals surface area contributed by atoms with Crippen molar-refractivity contribution < 1.29 is 4.79 Å². The number of hydrogen-bond acceptors (Lipinski definition) is 4. The molecule has 1 aliphatic rings. The molecule has 2 N–H and O–H groups in total. The highest BCUT2D eigenvalue weighted by molar-refractivity contribution is 5.91. The largest absolute Gasteiger partial charge is 0.316 e. The van der Waals surface area contributed by atoms with Gasteiger partial charge in [0.05, 0.1) is 0 Å². The quantitative estimate of drug-likeness (QED) is 0.897. The zero-order valence-corrected chi connectivity index (χ0v) is 12.6. The van der Waals surface area contributed by atoms with Crippen LogP contribution in [0.3, 0.4) is 0 Å². The molecule has 1 aliphatic heterocycles. The molecule has 1 amide bonds. The molecule has 1 unspecified atom stereocenters. The van der Waals surface area contributed by atoms with Gasteiger partial charge in [-0.2, -0.15) is 0 Å². The van der Waals surface area contributed by atoms with Crippen LogP contribution in [0.4, 0.5) is 5.95 Å². The number of hydrogen-bond donors (Lipinski definition) is 2. The fourth-order valence-electron chi connectivity index (χ4n) is 2.03. The number of aromatic nitrogens is 3. The molecule has 1 saturated heterocycles. The number of halogens is 2. The molecule has 0 spiro atoms. The average Bonchev–Trinajstić information content (AvgIpc) is 2.70. The molecule has 0 bridgehead atoms. The van der Waals surface area contributed by atoms with Crippen LogP contribution in [0.15, 0.2) is 24.4 Å². The van der Waals surface area contributed by atoms with E-state index in [0.717, 1.165) is 18.7 Å². The van der Waals surface area contributed by atoms with Crippen LogP contribution in [0.25, 0.3) is 5.65 Å². The first-order valence-corrected chi connectivity index (χ1v) is 6.07. The first-order valence-electron chi connectivity index (χ1n) is 6.07. The normalized spacial score (nSPS) is 15.7. The second kappa shape index (κ2) is 6.88. The Morgan fingerprint density at radius 1 is 1.40 bits per heavy atom. The van der Waals surface area contributed by atoms with E-state index in [1.165, 1.54) is 0 Å². The highest BCUT2D eigenvalue weighted by Crippen LogP contribution is 2.18. The van der Waals surface area contributed by atoms with Crippen molar-refractivity contribution in [2.75, 3.05) is 18.4 Å². The Hall–Kier alpha value is -1.37. The van der Waals surface area contributed by atoms with Gasteiger partial charge in [0.25, 0.3) is 0 Å².